The zero-order valence-corrected chi connectivity index (χ0v) is 11.3. The number of nitrogens with zero attached hydrogens (tertiary/aromatic N) is 2. The number of nitrogens with two attached hydrogens (primary N) is 1. The first-order valence-corrected chi connectivity index (χ1v) is 6.80. The van der Waals surface area contributed by atoms with E-state index in [2.05, 4.69) is 17.9 Å². The Hall–Kier alpha value is -1.44. The van der Waals surface area contributed by atoms with Gasteiger partial charge < -0.3 is 5.73 Å². The molecule has 1 aromatic carbocycles. The lowest BCUT2D eigenvalue weighted by molar-refractivity contribution is 0.145. The summed E-state index contributed by atoms with van der Waals surface area (Å²) in [5, 5.41) is 9.06. The van der Waals surface area contributed by atoms with Crippen LogP contribution in [0.25, 0.3) is 0 Å². The number of nitriles is 1. The minimum Gasteiger partial charge on any atom is -0.327 e. The number of benzene rings is 1. The zero-order chi connectivity index (χ0) is 13.8. The molecule has 0 saturated carbocycles. The molecule has 2 rings (SSSR count). The number of hydrogen-bond donors (Lipinski definition) is 1. The van der Waals surface area contributed by atoms with Crippen molar-refractivity contribution >= 4 is 0 Å². The van der Waals surface area contributed by atoms with Crippen molar-refractivity contribution < 1.29 is 4.39 Å². The van der Waals surface area contributed by atoms with Gasteiger partial charge in [-0.15, -0.1) is 0 Å². The molecule has 1 aliphatic heterocycles. The normalized spacial score (nSPS) is 24.1. The molecule has 1 aliphatic rings. The Morgan fingerprint density at radius 1 is 1.53 bits per heavy atom. The summed E-state index contributed by atoms with van der Waals surface area (Å²) < 4.78 is 13.1. The molecule has 0 radical (unpaired) electrons. The fourth-order valence-electron chi connectivity index (χ4n) is 2.73. The third-order valence-electron chi connectivity index (χ3n) is 3.99. The second kappa shape index (κ2) is 6.14. The van der Waals surface area contributed by atoms with Crippen LogP contribution in [0.15, 0.2) is 18.2 Å². The van der Waals surface area contributed by atoms with E-state index in [1.807, 2.05) is 0 Å². The molecule has 102 valence electrons. The third-order valence-corrected chi connectivity index (χ3v) is 3.99. The van der Waals surface area contributed by atoms with E-state index in [4.69, 9.17) is 11.0 Å². The molecular weight excluding hydrogens is 241 g/mol. The van der Waals surface area contributed by atoms with Gasteiger partial charge in [0.05, 0.1) is 11.6 Å². The number of hydrogen-bond acceptors (Lipinski definition) is 3. The highest BCUT2D eigenvalue weighted by Crippen LogP contribution is 2.21. The van der Waals surface area contributed by atoms with Crippen molar-refractivity contribution in [1.29, 1.82) is 5.26 Å². The van der Waals surface area contributed by atoms with Crippen LogP contribution in [0, 0.1) is 23.1 Å². The molecule has 1 saturated heterocycles. The lowest BCUT2D eigenvalue weighted by Gasteiger charge is -2.36. The summed E-state index contributed by atoms with van der Waals surface area (Å²) in [7, 11) is 0. The van der Waals surface area contributed by atoms with E-state index in [0.717, 1.165) is 31.5 Å². The first kappa shape index (κ1) is 14.0. The molecule has 1 heterocycles. The van der Waals surface area contributed by atoms with E-state index in [0.29, 0.717) is 18.0 Å². The van der Waals surface area contributed by atoms with Crippen LogP contribution in [0.1, 0.15) is 30.9 Å². The molecule has 0 spiro atoms. The monoisotopic (exact) mass is 261 g/mol. The van der Waals surface area contributed by atoms with Crippen LogP contribution in [0.5, 0.6) is 0 Å². The predicted octanol–water partition coefficient (Wildman–Crippen LogP) is 2.26. The van der Waals surface area contributed by atoms with Gasteiger partial charge in [-0.1, -0.05) is 19.4 Å². The summed E-state index contributed by atoms with van der Waals surface area (Å²) in [5.74, 6) is 0.159. The largest absolute Gasteiger partial charge is 0.327 e. The van der Waals surface area contributed by atoms with E-state index in [9.17, 15) is 4.39 Å². The Morgan fingerprint density at radius 2 is 2.32 bits per heavy atom. The molecule has 1 aromatic rings. The summed E-state index contributed by atoms with van der Waals surface area (Å²) in [6.45, 7) is 4.76. The number of rotatable bonds is 3. The quantitative estimate of drug-likeness (QED) is 0.908. The number of halogens is 1. The minimum atomic E-state index is -0.354. The van der Waals surface area contributed by atoms with E-state index in [1.165, 1.54) is 12.1 Å². The van der Waals surface area contributed by atoms with Crippen LogP contribution < -0.4 is 5.73 Å². The average molecular weight is 261 g/mol. The fraction of sp³-hybridized carbons (Fsp3) is 0.533. The second-order valence-electron chi connectivity index (χ2n) is 5.27. The molecule has 0 amide bonds. The fourth-order valence-corrected chi connectivity index (χ4v) is 2.73. The van der Waals surface area contributed by atoms with Crippen molar-refractivity contribution in [2.75, 3.05) is 13.1 Å². The molecule has 0 bridgehead atoms. The summed E-state index contributed by atoms with van der Waals surface area (Å²) in [6.07, 6.45) is 2.06. The molecule has 2 unspecified atom stereocenters. The van der Waals surface area contributed by atoms with E-state index in [-0.39, 0.29) is 11.9 Å². The minimum absolute atomic E-state index is 0.282. The molecule has 2 atom stereocenters. The molecule has 0 aromatic heterocycles. The van der Waals surface area contributed by atoms with E-state index < -0.39 is 0 Å². The first-order valence-electron chi connectivity index (χ1n) is 6.80. The molecule has 0 aliphatic carbocycles. The predicted molar refractivity (Wildman–Crippen MR) is 72.8 cm³/mol. The Kier molecular flexibility index (Phi) is 4.52. The summed E-state index contributed by atoms with van der Waals surface area (Å²) >= 11 is 0. The van der Waals surface area contributed by atoms with Gasteiger partial charge in [0, 0.05) is 19.1 Å². The average Bonchev–Trinajstić information content (AvgIpc) is 2.42. The lowest BCUT2D eigenvalue weighted by atomic mass is 9.90. The molecule has 3 nitrogen and oxygen atoms in total. The number of likely N-dealkylation sites (tertiary alicyclic amines) is 1. The lowest BCUT2D eigenvalue weighted by Crippen LogP contribution is -2.46. The maximum atomic E-state index is 13.1. The number of piperidine rings is 1. The standard InChI is InChI=1S/C15H20FN3/c1-2-11-9-19(6-5-15(11)18)10-12-3-4-14(16)7-13(12)8-17/h3-4,7,11,15H,2,5-6,9-10,18H2,1H3. The summed E-state index contributed by atoms with van der Waals surface area (Å²) in [6, 6.07) is 6.79. The van der Waals surface area contributed by atoms with Crippen LogP contribution in [0.4, 0.5) is 4.39 Å². The van der Waals surface area contributed by atoms with Crippen LogP contribution in [-0.2, 0) is 6.54 Å². The van der Waals surface area contributed by atoms with Gasteiger partial charge in [0.2, 0.25) is 0 Å². The second-order valence-corrected chi connectivity index (χ2v) is 5.27. The van der Waals surface area contributed by atoms with Crippen molar-refractivity contribution in [2.45, 2.75) is 32.4 Å². The van der Waals surface area contributed by atoms with Crippen molar-refractivity contribution in [1.82, 2.24) is 4.90 Å². The van der Waals surface area contributed by atoms with Crippen molar-refractivity contribution in [3.05, 3.63) is 35.1 Å². The van der Waals surface area contributed by atoms with Crippen LogP contribution >= 0.6 is 0 Å². The van der Waals surface area contributed by atoms with Crippen LogP contribution in [0.2, 0.25) is 0 Å². The van der Waals surface area contributed by atoms with Crippen LogP contribution in [0.3, 0.4) is 0 Å². The maximum absolute atomic E-state index is 13.1. The molecule has 4 heteroatoms. The smallest absolute Gasteiger partial charge is 0.124 e. The Morgan fingerprint density at radius 3 is 3.00 bits per heavy atom. The zero-order valence-electron chi connectivity index (χ0n) is 11.3. The van der Waals surface area contributed by atoms with Gasteiger partial charge in [-0.05, 0) is 36.6 Å². The molecular formula is C15H20FN3. The highest BCUT2D eigenvalue weighted by Gasteiger charge is 2.25. The highest BCUT2D eigenvalue weighted by atomic mass is 19.1. The summed E-state index contributed by atoms with van der Waals surface area (Å²) in [4.78, 5) is 2.31. The van der Waals surface area contributed by atoms with Gasteiger partial charge in [-0.2, -0.15) is 5.26 Å². The van der Waals surface area contributed by atoms with Crippen LogP contribution in [-0.4, -0.2) is 24.0 Å². The summed E-state index contributed by atoms with van der Waals surface area (Å²) in [5.41, 5.74) is 7.42. The Balaban J connectivity index is 2.08. The van der Waals surface area contributed by atoms with Gasteiger partial charge in [-0.25, -0.2) is 4.39 Å². The van der Waals surface area contributed by atoms with Crippen molar-refractivity contribution in [2.24, 2.45) is 11.7 Å². The van der Waals surface area contributed by atoms with Gasteiger partial charge in [-0.3, -0.25) is 4.90 Å². The van der Waals surface area contributed by atoms with Gasteiger partial charge in [0.1, 0.15) is 5.82 Å². The van der Waals surface area contributed by atoms with E-state index in [1.54, 1.807) is 6.07 Å². The van der Waals surface area contributed by atoms with Gasteiger partial charge in [0.15, 0.2) is 0 Å². The third kappa shape index (κ3) is 3.31. The van der Waals surface area contributed by atoms with Gasteiger partial charge in [0.25, 0.3) is 0 Å². The van der Waals surface area contributed by atoms with Crippen molar-refractivity contribution in [3.8, 4) is 6.07 Å². The molecule has 1 fully saturated rings. The topological polar surface area (TPSA) is 53.0 Å². The SMILES string of the molecule is CCC1CN(Cc2ccc(F)cc2C#N)CCC1N. The van der Waals surface area contributed by atoms with Gasteiger partial charge >= 0.3 is 0 Å². The Bertz CT molecular complexity index is 481. The highest BCUT2D eigenvalue weighted by molar-refractivity contribution is 5.37. The Labute approximate surface area is 113 Å². The first-order chi connectivity index (χ1) is 9.13. The molecule has 2 N–H and O–H groups in total. The maximum Gasteiger partial charge on any atom is 0.124 e. The molecule has 19 heavy (non-hydrogen) atoms. The van der Waals surface area contributed by atoms with Crippen molar-refractivity contribution in [3.63, 3.8) is 0 Å². The van der Waals surface area contributed by atoms with E-state index >= 15 is 0 Å².